The van der Waals surface area contributed by atoms with Crippen LogP contribution in [0.5, 0.6) is 0 Å². The van der Waals surface area contributed by atoms with Crippen LogP contribution in [-0.2, 0) is 0 Å². The van der Waals surface area contributed by atoms with Crippen LogP contribution >= 0.6 is 31.9 Å². The Morgan fingerprint density at radius 3 is 1.86 bits per heavy atom. The summed E-state index contributed by atoms with van der Waals surface area (Å²) in [6.07, 6.45) is 0. The first kappa shape index (κ1) is 23.1. The predicted octanol–water partition coefficient (Wildman–Crippen LogP) is 6.47. The minimum atomic E-state index is -0.525. The Labute approximate surface area is 217 Å². The second-order valence-electron chi connectivity index (χ2n) is 7.86. The van der Waals surface area contributed by atoms with Gasteiger partial charge in [-0.25, -0.2) is 0 Å². The molecule has 35 heavy (non-hydrogen) atoms. The Hall–Kier alpha value is -3.68. The summed E-state index contributed by atoms with van der Waals surface area (Å²) in [5.74, 6) is -1.72. The molecular formula is C28H15Br2NO4. The molecule has 1 aliphatic rings. The summed E-state index contributed by atoms with van der Waals surface area (Å²) in [6.45, 7) is 0. The fourth-order valence-electron chi connectivity index (χ4n) is 4.13. The molecule has 170 valence electrons. The number of carbonyl (C=O) groups excluding carboxylic acids is 4. The van der Waals surface area contributed by atoms with Gasteiger partial charge in [-0.05, 0) is 50.1 Å². The van der Waals surface area contributed by atoms with Gasteiger partial charge < -0.3 is 5.32 Å². The minimum Gasteiger partial charge on any atom is -0.321 e. The van der Waals surface area contributed by atoms with Crippen LogP contribution < -0.4 is 5.32 Å². The molecule has 1 amide bonds. The molecule has 1 N–H and O–H groups in total. The lowest BCUT2D eigenvalue weighted by atomic mass is 9.81. The molecule has 0 saturated carbocycles. The molecule has 1 aliphatic carbocycles. The Morgan fingerprint density at radius 1 is 0.629 bits per heavy atom. The van der Waals surface area contributed by atoms with Gasteiger partial charge >= 0.3 is 0 Å². The molecule has 0 radical (unpaired) electrons. The van der Waals surface area contributed by atoms with Crippen molar-refractivity contribution in [1.82, 2.24) is 0 Å². The van der Waals surface area contributed by atoms with Crippen LogP contribution in [-0.4, -0.2) is 23.3 Å². The monoisotopic (exact) mass is 587 g/mol. The summed E-state index contributed by atoms with van der Waals surface area (Å²) in [7, 11) is 0. The second kappa shape index (κ2) is 9.17. The van der Waals surface area contributed by atoms with Crippen molar-refractivity contribution >= 4 is 60.8 Å². The molecule has 5 rings (SSSR count). The Bertz CT molecular complexity index is 1560. The summed E-state index contributed by atoms with van der Waals surface area (Å²) in [6, 6.07) is 23.4. The highest BCUT2D eigenvalue weighted by molar-refractivity contribution is 9.10. The maximum absolute atomic E-state index is 13.7. The van der Waals surface area contributed by atoms with E-state index < -0.39 is 17.5 Å². The van der Waals surface area contributed by atoms with Gasteiger partial charge in [0.1, 0.15) is 0 Å². The minimum absolute atomic E-state index is 0.00524. The van der Waals surface area contributed by atoms with Crippen molar-refractivity contribution in [3.8, 4) is 0 Å². The van der Waals surface area contributed by atoms with E-state index in [1.54, 1.807) is 78.9 Å². The Morgan fingerprint density at radius 2 is 1.20 bits per heavy atom. The van der Waals surface area contributed by atoms with Crippen molar-refractivity contribution in [3.05, 3.63) is 133 Å². The predicted molar refractivity (Wildman–Crippen MR) is 139 cm³/mol. The Balaban J connectivity index is 1.76. The van der Waals surface area contributed by atoms with E-state index in [1.165, 1.54) is 6.07 Å². The SMILES string of the molecule is O=C(Nc1c(C(=O)c2ccccc2)cc(Br)c2c1C(=O)c1ccccc1C2=O)c1ccccc1Br. The number of carbonyl (C=O) groups is 4. The third-order valence-electron chi connectivity index (χ3n) is 5.79. The topological polar surface area (TPSA) is 80.3 Å². The largest absolute Gasteiger partial charge is 0.321 e. The van der Waals surface area contributed by atoms with Crippen LogP contribution in [0.4, 0.5) is 5.69 Å². The van der Waals surface area contributed by atoms with Crippen LogP contribution in [0.3, 0.4) is 0 Å². The fraction of sp³-hybridized carbons (Fsp3) is 0. The summed E-state index contributed by atoms with van der Waals surface area (Å²) in [4.78, 5) is 53.9. The summed E-state index contributed by atoms with van der Waals surface area (Å²) >= 11 is 6.77. The molecular weight excluding hydrogens is 574 g/mol. The molecule has 0 spiro atoms. The zero-order chi connectivity index (χ0) is 24.7. The van der Waals surface area contributed by atoms with Crippen molar-refractivity contribution in [1.29, 1.82) is 0 Å². The standard InChI is InChI=1S/C28H15Br2NO4/c29-20-13-7-6-12-18(20)28(35)31-24-19(25(32)15-8-2-1-3-9-15)14-21(30)22-23(24)27(34)17-11-5-4-10-16(17)26(22)33/h1-14H,(H,31,35). The van der Waals surface area contributed by atoms with E-state index in [9.17, 15) is 19.2 Å². The third kappa shape index (κ3) is 3.96. The highest BCUT2D eigenvalue weighted by Crippen LogP contribution is 2.39. The van der Waals surface area contributed by atoms with Crippen molar-refractivity contribution in [2.45, 2.75) is 0 Å². The average Bonchev–Trinajstić information content (AvgIpc) is 2.88. The Kier molecular flexibility index (Phi) is 6.05. The number of halogens is 2. The maximum Gasteiger partial charge on any atom is 0.256 e. The van der Waals surface area contributed by atoms with Crippen molar-refractivity contribution in [2.75, 3.05) is 5.32 Å². The molecule has 4 aromatic rings. The van der Waals surface area contributed by atoms with E-state index in [-0.39, 0.29) is 39.3 Å². The maximum atomic E-state index is 13.7. The smallest absolute Gasteiger partial charge is 0.256 e. The van der Waals surface area contributed by atoms with Gasteiger partial charge in [-0.3, -0.25) is 19.2 Å². The molecule has 4 aromatic carbocycles. The molecule has 0 atom stereocenters. The number of nitrogens with one attached hydrogen (secondary N) is 1. The quantitative estimate of drug-likeness (QED) is 0.244. The molecule has 0 unspecified atom stereocenters. The number of benzene rings is 4. The van der Waals surface area contributed by atoms with Gasteiger partial charge in [0.05, 0.1) is 22.4 Å². The van der Waals surface area contributed by atoms with Crippen LogP contribution in [0.15, 0.2) is 93.9 Å². The lowest BCUT2D eigenvalue weighted by Gasteiger charge is -2.24. The average molecular weight is 589 g/mol. The van der Waals surface area contributed by atoms with Crippen molar-refractivity contribution in [3.63, 3.8) is 0 Å². The molecule has 0 saturated heterocycles. The van der Waals surface area contributed by atoms with Crippen molar-refractivity contribution in [2.24, 2.45) is 0 Å². The summed E-state index contributed by atoms with van der Waals surface area (Å²) < 4.78 is 0.852. The van der Waals surface area contributed by atoms with E-state index in [1.807, 2.05) is 0 Å². The first-order chi connectivity index (χ1) is 16.9. The van der Waals surface area contributed by atoms with Crippen LogP contribution in [0, 0.1) is 0 Å². The number of fused-ring (bicyclic) bond motifs is 2. The highest BCUT2D eigenvalue weighted by Gasteiger charge is 2.36. The molecule has 7 heteroatoms. The zero-order valence-corrected chi connectivity index (χ0v) is 21.1. The molecule has 0 aromatic heterocycles. The summed E-state index contributed by atoms with van der Waals surface area (Å²) in [5.41, 5.74) is 1.40. The van der Waals surface area contributed by atoms with Gasteiger partial charge in [0.25, 0.3) is 5.91 Å². The van der Waals surface area contributed by atoms with Gasteiger partial charge in [0.2, 0.25) is 0 Å². The number of anilines is 1. The number of ketones is 3. The van der Waals surface area contributed by atoms with Gasteiger partial charge in [0.15, 0.2) is 17.3 Å². The summed E-state index contributed by atoms with van der Waals surface area (Å²) in [5, 5.41) is 2.77. The van der Waals surface area contributed by atoms with Gasteiger partial charge in [-0.2, -0.15) is 0 Å². The van der Waals surface area contributed by atoms with Gasteiger partial charge in [-0.15, -0.1) is 0 Å². The fourth-order valence-corrected chi connectivity index (χ4v) is 5.20. The van der Waals surface area contributed by atoms with E-state index in [4.69, 9.17) is 0 Å². The lowest BCUT2D eigenvalue weighted by Crippen LogP contribution is -2.26. The van der Waals surface area contributed by atoms with Gasteiger partial charge in [-0.1, -0.05) is 66.7 Å². The van der Waals surface area contributed by atoms with E-state index >= 15 is 0 Å². The normalized spacial score (nSPS) is 12.1. The van der Waals surface area contributed by atoms with E-state index in [2.05, 4.69) is 37.2 Å². The molecule has 5 nitrogen and oxygen atoms in total. The molecule has 0 heterocycles. The molecule has 0 aliphatic heterocycles. The number of amides is 1. The lowest BCUT2D eigenvalue weighted by molar-refractivity contribution is 0.0977. The third-order valence-corrected chi connectivity index (χ3v) is 7.10. The first-order valence-corrected chi connectivity index (χ1v) is 12.2. The highest BCUT2D eigenvalue weighted by atomic mass is 79.9. The van der Waals surface area contributed by atoms with Crippen LogP contribution in [0.1, 0.15) is 58.1 Å². The van der Waals surface area contributed by atoms with E-state index in [0.717, 1.165) is 0 Å². The number of hydrogen-bond donors (Lipinski definition) is 1. The second-order valence-corrected chi connectivity index (χ2v) is 9.57. The van der Waals surface area contributed by atoms with Crippen LogP contribution in [0.2, 0.25) is 0 Å². The van der Waals surface area contributed by atoms with Crippen LogP contribution in [0.25, 0.3) is 0 Å². The van der Waals surface area contributed by atoms with Crippen molar-refractivity contribution < 1.29 is 19.2 Å². The molecule has 0 fully saturated rings. The zero-order valence-electron chi connectivity index (χ0n) is 18.0. The molecule has 0 bridgehead atoms. The number of rotatable bonds is 4. The van der Waals surface area contributed by atoms with Gasteiger partial charge in [0, 0.05) is 31.2 Å². The number of hydrogen-bond acceptors (Lipinski definition) is 4. The first-order valence-electron chi connectivity index (χ1n) is 10.6. The van der Waals surface area contributed by atoms with E-state index in [0.29, 0.717) is 20.1 Å².